The molecule has 0 unspecified atom stereocenters. The molecular formula is C18H24FN3O3. The van der Waals surface area contributed by atoms with Crippen LogP contribution in [0.4, 0.5) is 4.39 Å². The maximum absolute atomic E-state index is 13.5. The lowest BCUT2D eigenvalue weighted by atomic mass is 10.1. The Balaban J connectivity index is 1.63. The van der Waals surface area contributed by atoms with E-state index in [4.69, 9.17) is 0 Å². The first kappa shape index (κ1) is 18.9. The molecule has 136 valence electrons. The molecule has 6 nitrogen and oxygen atoms in total. The van der Waals surface area contributed by atoms with E-state index in [0.29, 0.717) is 38.2 Å². The fourth-order valence-corrected chi connectivity index (χ4v) is 2.78. The van der Waals surface area contributed by atoms with Crippen LogP contribution in [-0.4, -0.2) is 60.2 Å². The van der Waals surface area contributed by atoms with Crippen molar-refractivity contribution in [1.29, 1.82) is 0 Å². The van der Waals surface area contributed by atoms with Gasteiger partial charge in [0.05, 0.1) is 0 Å². The van der Waals surface area contributed by atoms with Crippen LogP contribution in [0.5, 0.6) is 0 Å². The highest BCUT2D eigenvalue weighted by Crippen LogP contribution is 2.08. The molecule has 1 heterocycles. The molecule has 0 spiro atoms. The Morgan fingerprint density at radius 1 is 1.04 bits per heavy atom. The number of nitrogens with one attached hydrogen (secondary N) is 1. The number of amides is 3. The van der Waals surface area contributed by atoms with E-state index < -0.39 is 0 Å². The largest absolute Gasteiger partial charge is 0.356 e. The van der Waals surface area contributed by atoms with Crippen molar-refractivity contribution < 1.29 is 18.8 Å². The average molecular weight is 349 g/mol. The number of carbonyl (C=O) groups is 3. The first-order valence-electron chi connectivity index (χ1n) is 8.51. The summed E-state index contributed by atoms with van der Waals surface area (Å²) >= 11 is 0. The SMILES string of the molecule is CC(=O)N1CCN(C(=O)CCNC(=O)CCc2ccccc2F)CC1. The zero-order valence-corrected chi connectivity index (χ0v) is 14.5. The van der Waals surface area contributed by atoms with Crippen molar-refractivity contribution in [3.05, 3.63) is 35.6 Å². The predicted molar refractivity (Wildman–Crippen MR) is 91.2 cm³/mol. The van der Waals surface area contributed by atoms with Crippen molar-refractivity contribution in [2.24, 2.45) is 0 Å². The Bertz CT molecular complexity index is 628. The highest BCUT2D eigenvalue weighted by Gasteiger charge is 2.21. The molecular weight excluding hydrogens is 325 g/mol. The van der Waals surface area contributed by atoms with Gasteiger partial charge in [-0.1, -0.05) is 18.2 Å². The molecule has 0 aliphatic carbocycles. The molecule has 1 aliphatic rings. The average Bonchev–Trinajstić information content (AvgIpc) is 2.61. The number of rotatable bonds is 6. The van der Waals surface area contributed by atoms with Gasteiger partial charge < -0.3 is 15.1 Å². The molecule has 1 aromatic rings. The molecule has 7 heteroatoms. The van der Waals surface area contributed by atoms with Crippen molar-refractivity contribution in [2.45, 2.75) is 26.2 Å². The van der Waals surface area contributed by atoms with Gasteiger partial charge in [0.2, 0.25) is 17.7 Å². The molecule has 0 saturated carbocycles. The van der Waals surface area contributed by atoms with Gasteiger partial charge in [0.15, 0.2) is 0 Å². The second-order valence-electron chi connectivity index (χ2n) is 6.08. The third-order valence-corrected chi connectivity index (χ3v) is 4.32. The van der Waals surface area contributed by atoms with Gasteiger partial charge in [-0.2, -0.15) is 0 Å². The Labute approximate surface area is 147 Å². The van der Waals surface area contributed by atoms with Gasteiger partial charge >= 0.3 is 0 Å². The lowest BCUT2D eigenvalue weighted by Crippen LogP contribution is -2.50. The van der Waals surface area contributed by atoms with Crippen LogP contribution in [-0.2, 0) is 20.8 Å². The molecule has 0 aromatic heterocycles. The Morgan fingerprint density at radius 2 is 1.68 bits per heavy atom. The van der Waals surface area contributed by atoms with Crippen molar-refractivity contribution in [3.8, 4) is 0 Å². The molecule has 0 atom stereocenters. The Morgan fingerprint density at radius 3 is 2.32 bits per heavy atom. The van der Waals surface area contributed by atoms with Crippen LogP contribution in [0.1, 0.15) is 25.3 Å². The number of carbonyl (C=O) groups excluding carboxylic acids is 3. The highest BCUT2D eigenvalue weighted by molar-refractivity contribution is 5.79. The van der Waals surface area contributed by atoms with Gasteiger partial charge in [-0.25, -0.2) is 4.39 Å². The van der Waals surface area contributed by atoms with Gasteiger partial charge in [-0.05, 0) is 18.1 Å². The van der Waals surface area contributed by atoms with Crippen LogP contribution < -0.4 is 5.32 Å². The number of benzene rings is 1. The van der Waals surface area contributed by atoms with Crippen LogP contribution in [0.2, 0.25) is 0 Å². The summed E-state index contributed by atoms with van der Waals surface area (Å²) in [6, 6.07) is 6.38. The summed E-state index contributed by atoms with van der Waals surface area (Å²) < 4.78 is 13.5. The van der Waals surface area contributed by atoms with Crippen molar-refractivity contribution in [2.75, 3.05) is 32.7 Å². The zero-order valence-electron chi connectivity index (χ0n) is 14.5. The van der Waals surface area contributed by atoms with Crippen molar-refractivity contribution in [3.63, 3.8) is 0 Å². The number of nitrogens with zero attached hydrogens (tertiary/aromatic N) is 2. The summed E-state index contributed by atoms with van der Waals surface area (Å²) in [6.45, 7) is 3.95. The maximum atomic E-state index is 13.5. The third-order valence-electron chi connectivity index (χ3n) is 4.32. The number of hydrogen-bond acceptors (Lipinski definition) is 3. The summed E-state index contributed by atoms with van der Waals surface area (Å²) in [5.74, 6) is -0.514. The minimum absolute atomic E-state index is 0.0224. The number of hydrogen-bond donors (Lipinski definition) is 1. The first-order chi connectivity index (χ1) is 12.0. The molecule has 3 amide bonds. The van der Waals surface area contributed by atoms with E-state index in [-0.39, 0.29) is 42.9 Å². The normalized spacial score (nSPS) is 14.3. The van der Waals surface area contributed by atoms with E-state index in [0.717, 1.165) is 0 Å². The van der Waals surface area contributed by atoms with Gasteiger partial charge in [0.1, 0.15) is 5.82 Å². The van der Waals surface area contributed by atoms with Gasteiger partial charge in [0, 0.05) is 52.5 Å². The highest BCUT2D eigenvalue weighted by atomic mass is 19.1. The number of aryl methyl sites for hydroxylation is 1. The summed E-state index contributed by atoms with van der Waals surface area (Å²) in [5.41, 5.74) is 0.511. The monoisotopic (exact) mass is 349 g/mol. The molecule has 25 heavy (non-hydrogen) atoms. The molecule has 0 radical (unpaired) electrons. The van der Waals surface area contributed by atoms with E-state index >= 15 is 0 Å². The molecule has 1 N–H and O–H groups in total. The summed E-state index contributed by atoms with van der Waals surface area (Å²) in [7, 11) is 0. The minimum Gasteiger partial charge on any atom is -0.356 e. The maximum Gasteiger partial charge on any atom is 0.224 e. The van der Waals surface area contributed by atoms with Crippen LogP contribution in [0.3, 0.4) is 0 Å². The van der Waals surface area contributed by atoms with Crippen molar-refractivity contribution in [1.82, 2.24) is 15.1 Å². The quantitative estimate of drug-likeness (QED) is 0.832. The zero-order chi connectivity index (χ0) is 18.2. The van der Waals surface area contributed by atoms with Gasteiger partial charge in [-0.15, -0.1) is 0 Å². The first-order valence-corrected chi connectivity index (χ1v) is 8.51. The second kappa shape index (κ2) is 9.15. The second-order valence-corrected chi connectivity index (χ2v) is 6.08. The Hall–Kier alpha value is -2.44. The molecule has 1 aliphatic heterocycles. The van der Waals surface area contributed by atoms with Gasteiger partial charge in [-0.3, -0.25) is 14.4 Å². The van der Waals surface area contributed by atoms with Crippen LogP contribution in [0.15, 0.2) is 24.3 Å². The van der Waals surface area contributed by atoms with E-state index in [1.807, 2.05) is 0 Å². The van der Waals surface area contributed by atoms with Crippen LogP contribution in [0, 0.1) is 5.82 Å². The topological polar surface area (TPSA) is 69.7 Å². The smallest absolute Gasteiger partial charge is 0.224 e. The lowest BCUT2D eigenvalue weighted by molar-refractivity contribution is -0.138. The summed E-state index contributed by atoms with van der Waals surface area (Å²) in [6.07, 6.45) is 0.747. The van der Waals surface area contributed by atoms with E-state index in [1.54, 1.807) is 28.0 Å². The molecule has 1 fully saturated rings. The molecule has 0 bridgehead atoms. The fourth-order valence-electron chi connectivity index (χ4n) is 2.78. The van der Waals surface area contributed by atoms with E-state index in [2.05, 4.69) is 5.32 Å². The fraction of sp³-hybridized carbons (Fsp3) is 0.500. The Kier molecular flexibility index (Phi) is 6.91. The minimum atomic E-state index is -0.310. The number of halogens is 1. The number of piperazine rings is 1. The summed E-state index contributed by atoms with van der Waals surface area (Å²) in [5, 5.41) is 2.70. The molecule has 1 aromatic carbocycles. The van der Waals surface area contributed by atoms with Crippen LogP contribution in [0.25, 0.3) is 0 Å². The molecule has 1 saturated heterocycles. The van der Waals surface area contributed by atoms with Gasteiger partial charge in [0.25, 0.3) is 0 Å². The van der Waals surface area contributed by atoms with Crippen molar-refractivity contribution >= 4 is 17.7 Å². The third kappa shape index (κ3) is 5.85. The van der Waals surface area contributed by atoms with E-state index in [1.165, 1.54) is 13.0 Å². The van der Waals surface area contributed by atoms with E-state index in [9.17, 15) is 18.8 Å². The lowest BCUT2D eigenvalue weighted by Gasteiger charge is -2.34. The van der Waals surface area contributed by atoms with Crippen LogP contribution >= 0.6 is 0 Å². The summed E-state index contributed by atoms with van der Waals surface area (Å²) in [4.78, 5) is 38.6. The predicted octanol–water partition coefficient (Wildman–Crippen LogP) is 0.955. The molecule has 2 rings (SSSR count). The standard InChI is InChI=1S/C18H24FN3O3/c1-14(23)21-10-12-22(13-11-21)18(25)8-9-20-17(24)7-6-15-4-2-3-5-16(15)19/h2-5H,6-13H2,1H3,(H,20,24).